The van der Waals surface area contributed by atoms with E-state index in [1.165, 1.54) is 0 Å². The number of para-hydroxylation sites is 1. The predicted molar refractivity (Wildman–Crippen MR) is 72.4 cm³/mol. The van der Waals surface area contributed by atoms with Crippen LogP contribution in [0.1, 0.15) is 6.42 Å². The predicted octanol–water partition coefficient (Wildman–Crippen LogP) is 2.91. The van der Waals surface area contributed by atoms with E-state index in [2.05, 4.69) is 5.32 Å². The number of phenols is 1. The summed E-state index contributed by atoms with van der Waals surface area (Å²) in [5.74, 6) is -0.124. The first kappa shape index (κ1) is 12.7. The molecular formula is C15H12N2O2. The van der Waals surface area contributed by atoms with Gasteiger partial charge in [0.2, 0.25) is 5.91 Å². The van der Waals surface area contributed by atoms with Gasteiger partial charge < -0.3 is 10.4 Å². The van der Waals surface area contributed by atoms with Crippen molar-refractivity contribution in [2.45, 2.75) is 6.42 Å². The second-order valence-corrected chi connectivity index (χ2v) is 3.98. The van der Waals surface area contributed by atoms with Crippen LogP contribution in [0.25, 0.3) is 11.1 Å². The van der Waals surface area contributed by atoms with E-state index in [0.717, 1.165) is 11.1 Å². The molecule has 0 fully saturated rings. The van der Waals surface area contributed by atoms with Crippen LogP contribution in [0.2, 0.25) is 0 Å². The Labute approximate surface area is 110 Å². The quantitative estimate of drug-likeness (QED) is 0.882. The minimum atomic E-state index is -0.335. The zero-order chi connectivity index (χ0) is 13.7. The van der Waals surface area contributed by atoms with E-state index in [1.54, 1.807) is 42.5 Å². The van der Waals surface area contributed by atoms with E-state index in [4.69, 9.17) is 5.26 Å². The third kappa shape index (κ3) is 3.11. The second-order valence-electron chi connectivity index (χ2n) is 3.98. The average Bonchev–Trinajstić information content (AvgIpc) is 2.41. The maximum atomic E-state index is 11.2. The van der Waals surface area contributed by atoms with Crippen molar-refractivity contribution in [3.8, 4) is 22.9 Å². The molecule has 4 nitrogen and oxygen atoms in total. The summed E-state index contributed by atoms with van der Waals surface area (Å²) in [7, 11) is 0. The number of nitriles is 1. The minimum absolute atomic E-state index is 0.165. The topological polar surface area (TPSA) is 73.1 Å². The first-order chi connectivity index (χ1) is 9.20. The summed E-state index contributed by atoms with van der Waals surface area (Å²) in [4.78, 5) is 11.2. The Bertz CT molecular complexity index is 627. The number of hydrogen-bond acceptors (Lipinski definition) is 3. The summed E-state index contributed by atoms with van der Waals surface area (Å²) in [5, 5.41) is 20.8. The number of aromatic hydroxyl groups is 1. The van der Waals surface area contributed by atoms with Gasteiger partial charge in [-0.3, -0.25) is 4.79 Å². The van der Waals surface area contributed by atoms with Gasteiger partial charge in [0, 0.05) is 11.3 Å². The Morgan fingerprint density at radius 2 is 1.84 bits per heavy atom. The second kappa shape index (κ2) is 5.69. The molecule has 0 spiro atoms. The first-order valence-electron chi connectivity index (χ1n) is 5.76. The molecule has 0 aromatic heterocycles. The molecule has 0 heterocycles. The van der Waals surface area contributed by atoms with Crippen molar-refractivity contribution in [2.24, 2.45) is 0 Å². The van der Waals surface area contributed by atoms with Crippen molar-refractivity contribution in [1.29, 1.82) is 5.26 Å². The number of benzene rings is 2. The highest BCUT2D eigenvalue weighted by Gasteiger charge is 2.04. The fourth-order valence-corrected chi connectivity index (χ4v) is 1.73. The molecule has 0 aliphatic heterocycles. The maximum absolute atomic E-state index is 11.2. The fourth-order valence-electron chi connectivity index (χ4n) is 1.73. The van der Waals surface area contributed by atoms with Gasteiger partial charge in [-0.05, 0) is 23.8 Å². The first-order valence-corrected chi connectivity index (χ1v) is 5.76. The third-order valence-corrected chi connectivity index (χ3v) is 2.62. The van der Waals surface area contributed by atoms with Gasteiger partial charge in [-0.1, -0.05) is 30.3 Å². The van der Waals surface area contributed by atoms with Gasteiger partial charge in [-0.2, -0.15) is 5.26 Å². The third-order valence-electron chi connectivity index (χ3n) is 2.62. The Balaban J connectivity index is 2.18. The Morgan fingerprint density at radius 3 is 2.47 bits per heavy atom. The molecule has 94 valence electrons. The lowest BCUT2D eigenvalue weighted by Crippen LogP contribution is -2.09. The normalized spacial score (nSPS) is 9.63. The SMILES string of the molecule is N#CCC(=O)Nc1ccc(-c2ccccc2O)cc1. The van der Waals surface area contributed by atoms with Crippen LogP contribution in [0.15, 0.2) is 48.5 Å². The Morgan fingerprint density at radius 1 is 1.16 bits per heavy atom. The van der Waals surface area contributed by atoms with Crippen molar-refractivity contribution in [2.75, 3.05) is 5.32 Å². The van der Waals surface area contributed by atoms with Gasteiger partial charge in [0.15, 0.2) is 0 Å². The van der Waals surface area contributed by atoms with Crippen LogP contribution in [-0.4, -0.2) is 11.0 Å². The van der Waals surface area contributed by atoms with Crippen molar-refractivity contribution < 1.29 is 9.90 Å². The number of phenolic OH excluding ortho intramolecular Hbond substituents is 1. The van der Waals surface area contributed by atoms with Crippen LogP contribution in [0.3, 0.4) is 0 Å². The molecule has 0 unspecified atom stereocenters. The van der Waals surface area contributed by atoms with Gasteiger partial charge in [0.1, 0.15) is 12.2 Å². The lowest BCUT2D eigenvalue weighted by molar-refractivity contribution is -0.115. The summed E-state index contributed by atoms with van der Waals surface area (Å²) >= 11 is 0. The molecule has 0 radical (unpaired) electrons. The lowest BCUT2D eigenvalue weighted by atomic mass is 10.0. The molecule has 19 heavy (non-hydrogen) atoms. The van der Waals surface area contributed by atoms with Crippen LogP contribution in [0.4, 0.5) is 5.69 Å². The van der Waals surface area contributed by atoms with E-state index in [9.17, 15) is 9.90 Å². The molecule has 2 rings (SSSR count). The van der Waals surface area contributed by atoms with E-state index in [-0.39, 0.29) is 18.1 Å². The van der Waals surface area contributed by atoms with Gasteiger partial charge >= 0.3 is 0 Å². The zero-order valence-electron chi connectivity index (χ0n) is 10.1. The fraction of sp³-hybridized carbons (Fsp3) is 0.0667. The summed E-state index contributed by atoms with van der Waals surface area (Å²) in [6.07, 6.45) is -0.165. The highest BCUT2D eigenvalue weighted by molar-refractivity contribution is 5.92. The molecule has 2 aromatic carbocycles. The monoisotopic (exact) mass is 252 g/mol. The summed E-state index contributed by atoms with van der Waals surface area (Å²) in [6, 6.07) is 15.9. The summed E-state index contributed by atoms with van der Waals surface area (Å²) < 4.78 is 0. The van der Waals surface area contributed by atoms with Crippen LogP contribution in [0, 0.1) is 11.3 Å². The van der Waals surface area contributed by atoms with Gasteiger partial charge in [0.25, 0.3) is 0 Å². The van der Waals surface area contributed by atoms with Crippen LogP contribution in [-0.2, 0) is 4.79 Å². The van der Waals surface area contributed by atoms with E-state index in [0.29, 0.717) is 5.69 Å². The smallest absolute Gasteiger partial charge is 0.238 e. The van der Waals surface area contributed by atoms with Gasteiger partial charge in [-0.25, -0.2) is 0 Å². The standard InChI is InChI=1S/C15H12N2O2/c16-10-9-15(19)17-12-7-5-11(6-8-12)13-3-1-2-4-14(13)18/h1-8,18H,9H2,(H,17,19). The number of nitrogens with one attached hydrogen (secondary N) is 1. The number of nitrogens with zero attached hydrogens (tertiary/aromatic N) is 1. The van der Waals surface area contributed by atoms with Crippen LogP contribution < -0.4 is 5.32 Å². The molecular weight excluding hydrogens is 240 g/mol. The highest BCUT2D eigenvalue weighted by Crippen LogP contribution is 2.29. The molecule has 0 saturated heterocycles. The lowest BCUT2D eigenvalue weighted by Gasteiger charge is -2.06. The van der Waals surface area contributed by atoms with Gasteiger partial charge in [0.05, 0.1) is 6.07 Å². The molecule has 2 N–H and O–H groups in total. The van der Waals surface area contributed by atoms with Crippen LogP contribution >= 0.6 is 0 Å². The minimum Gasteiger partial charge on any atom is -0.507 e. The number of rotatable bonds is 3. The highest BCUT2D eigenvalue weighted by atomic mass is 16.3. The number of carbonyl (C=O) groups is 1. The molecule has 2 aromatic rings. The molecule has 0 bridgehead atoms. The molecule has 0 atom stereocenters. The summed E-state index contributed by atoms with van der Waals surface area (Å²) in [6.45, 7) is 0. The molecule has 0 saturated carbocycles. The van der Waals surface area contributed by atoms with Crippen molar-refractivity contribution in [1.82, 2.24) is 0 Å². The Hall–Kier alpha value is -2.80. The van der Waals surface area contributed by atoms with Crippen molar-refractivity contribution in [3.05, 3.63) is 48.5 Å². The zero-order valence-corrected chi connectivity index (χ0v) is 10.1. The molecule has 4 heteroatoms. The maximum Gasteiger partial charge on any atom is 0.238 e. The van der Waals surface area contributed by atoms with Gasteiger partial charge in [-0.15, -0.1) is 0 Å². The van der Waals surface area contributed by atoms with Crippen molar-refractivity contribution in [3.63, 3.8) is 0 Å². The molecule has 0 aliphatic rings. The molecule has 0 aliphatic carbocycles. The molecule has 1 amide bonds. The van der Waals surface area contributed by atoms with E-state index >= 15 is 0 Å². The van der Waals surface area contributed by atoms with E-state index < -0.39 is 0 Å². The number of amides is 1. The average molecular weight is 252 g/mol. The van der Waals surface area contributed by atoms with Crippen molar-refractivity contribution >= 4 is 11.6 Å². The van der Waals surface area contributed by atoms with E-state index in [1.807, 2.05) is 12.1 Å². The number of hydrogen-bond donors (Lipinski definition) is 2. The Kier molecular flexibility index (Phi) is 3.79. The number of carbonyl (C=O) groups excluding carboxylic acids is 1. The summed E-state index contributed by atoms with van der Waals surface area (Å²) in [5.41, 5.74) is 2.22. The number of anilines is 1. The largest absolute Gasteiger partial charge is 0.507 e. The van der Waals surface area contributed by atoms with Crippen LogP contribution in [0.5, 0.6) is 5.75 Å².